The van der Waals surface area contributed by atoms with Gasteiger partial charge in [-0.3, -0.25) is 4.79 Å². The van der Waals surface area contributed by atoms with Gasteiger partial charge in [-0.05, 0) is 43.1 Å². The van der Waals surface area contributed by atoms with E-state index < -0.39 is 24.2 Å². The average molecular weight is 408 g/mol. The zero-order chi connectivity index (χ0) is 21.2. The molecule has 0 saturated heterocycles. The third-order valence-corrected chi connectivity index (χ3v) is 5.73. The number of benzene rings is 1. The number of carbonyl (C=O) groups excluding carboxylic acids is 1. The first-order valence-corrected chi connectivity index (χ1v) is 10.9. The zero-order valence-electron chi connectivity index (χ0n) is 17.4. The van der Waals surface area contributed by atoms with Crippen molar-refractivity contribution in [2.75, 3.05) is 13.2 Å². The SMILES string of the molecule is CC(CO)CCC(O)CNC(=O)C(CC1CC1)C(O)CC(O)Cc1ccccc1. The molecule has 0 spiro atoms. The van der Waals surface area contributed by atoms with Crippen LogP contribution in [0.15, 0.2) is 30.3 Å². The summed E-state index contributed by atoms with van der Waals surface area (Å²) in [6, 6.07) is 9.61. The van der Waals surface area contributed by atoms with E-state index in [-0.39, 0.29) is 31.4 Å². The van der Waals surface area contributed by atoms with Gasteiger partial charge >= 0.3 is 0 Å². The number of aliphatic hydroxyl groups excluding tert-OH is 4. The maximum Gasteiger partial charge on any atom is 0.225 e. The lowest BCUT2D eigenvalue weighted by Crippen LogP contribution is -2.42. The molecular weight excluding hydrogens is 370 g/mol. The molecule has 0 radical (unpaired) electrons. The van der Waals surface area contributed by atoms with Gasteiger partial charge in [0.15, 0.2) is 0 Å². The van der Waals surface area contributed by atoms with Crippen molar-refractivity contribution >= 4 is 5.91 Å². The summed E-state index contributed by atoms with van der Waals surface area (Å²) < 4.78 is 0. The maximum absolute atomic E-state index is 12.7. The van der Waals surface area contributed by atoms with Crippen LogP contribution in [-0.4, -0.2) is 57.8 Å². The summed E-state index contributed by atoms with van der Waals surface area (Å²) in [5.74, 6) is -0.250. The van der Waals surface area contributed by atoms with E-state index in [4.69, 9.17) is 5.11 Å². The first-order chi connectivity index (χ1) is 13.9. The normalized spacial score (nSPS) is 19.2. The summed E-state index contributed by atoms with van der Waals surface area (Å²) in [5, 5.41) is 42.9. The van der Waals surface area contributed by atoms with Crippen molar-refractivity contribution in [1.29, 1.82) is 0 Å². The largest absolute Gasteiger partial charge is 0.396 e. The van der Waals surface area contributed by atoms with Gasteiger partial charge in [-0.25, -0.2) is 0 Å². The highest BCUT2D eigenvalue weighted by atomic mass is 16.3. The van der Waals surface area contributed by atoms with Gasteiger partial charge in [-0.1, -0.05) is 50.1 Å². The van der Waals surface area contributed by atoms with Gasteiger partial charge in [0.1, 0.15) is 0 Å². The molecule has 1 aliphatic carbocycles. The van der Waals surface area contributed by atoms with Crippen LogP contribution in [-0.2, 0) is 11.2 Å². The lowest BCUT2D eigenvalue weighted by Gasteiger charge is -2.25. The topological polar surface area (TPSA) is 110 Å². The Kier molecular flexibility index (Phi) is 10.1. The number of hydrogen-bond donors (Lipinski definition) is 5. The summed E-state index contributed by atoms with van der Waals surface area (Å²) >= 11 is 0. The predicted molar refractivity (Wildman–Crippen MR) is 112 cm³/mol. The van der Waals surface area contributed by atoms with Crippen LogP contribution in [0.25, 0.3) is 0 Å². The van der Waals surface area contributed by atoms with Gasteiger partial charge in [0.2, 0.25) is 5.91 Å². The highest BCUT2D eigenvalue weighted by Crippen LogP contribution is 2.37. The van der Waals surface area contributed by atoms with Gasteiger partial charge in [-0.15, -0.1) is 0 Å². The standard InChI is InChI=1S/C23H37NO5/c1-16(15-25)7-10-19(26)14-24-23(29)21(12-18-8-9-18)22(28)13-20(27)11-17-5-3-2-4-6-17/h2-6,16,18-22,25-28H,7-15H2,1H3,(H,24,29). The summed E-state index contributed by atoms with van der Waals surface area (Å²) in [4.78, 5) is 12.7. The Morgan fingerprint density at radius 3 is 2.41 bits per heavy atom. The van der Waals surface area contributed by atoms with E-state index in [9.17, 15) is 20.1 Å². The Hall–Kier alpha value is -1.47. The molecule has 0 bridgehead atoms. The molecule has 1 amide bonds. The van der Waals surface area contributed by atoms with E-state index in [2.05, 4.69) is 5.32 Å². The third-order valence-electron chi connectivity index (χ3n) is 5.73. The van der Waals surface area contributed by atoms with Crippen LogP contribution in [0.3, 0.4) is 0 Å². The smallest absolute Gasteiger partial charge is 0.225 e. The van der Waals surface area contributed by atoms with E-state index in [1.54, 1.807) is 0 Å². The Morgan fingerprint density at radius 1 is 1.10 bits per heavy atom. The van der Waals surface area contributed by atoms with E-state index in [1.807, 2.05) is 37.3 Å². The molecule has 6 heteroatoms. The minimum atomic E-state index is -0.916. The highest BCUT2D eigenvalue weighted by molar-refractivity contribution is 5.79. The number of rotatable bonds is 14. The first kappa shape index (κ1) is 23.8. The van der Waals surface area contributed by atoms with E-state index in [0.717, 1.165) is 18.4 Å². The molecule has 1 aliphatic rings. The molecule has 6 nitrogen and oxygen atoms in total. The molecule has 5 N–H and O–H groups in total. The van der Waals surface area contributed by atoms with Crippen molar-refractivity contribution in [3.63, 3.8) is 0 Å². The molecule has 5 unspecified atom stereocenters. The van der Waals surface area contributed by atoms with Crippen molar-refractivity contribution in [3.8, 4) is 0 Å². The van der Waals surface area contributed by atoms with Crippen LogP contribution in [0.5, 0.6) is 0 Å². The molecule has 1 fully saturated rings. The number of carbonyl (C=O) groups is 1. The van der Waals surface area contributed by atoms with Gasteiger partial charge in [0.25, 0.3) is 0 Å². The van der Waals surface area contributed by atoms with Crippen LogP contribution in [0, 0.1) is 17.8 Å². The fourth-order valence-corrected chi connectivity index (χ4v) is 3.58. The summed E-state index contributed by atoms with van der Waals surface area (Å²) in [6.45, 7) is 2.13. The van der Waals surface area contributed by atoms with Crippen LogP contribution in [0.4, 0.5) is 0 Å². The Balaban J connectivity index is 1.82. The summed E-state index contributed by atoms with van der Waals surface area (Å²) in [5.41, 5.74) is 0.996. The first-order valence-electron chi connectivity index (χ1n) is 10.9. The lowest BCUT2D eigenvalue weighted by molar-refractivity contribution is -0.130. The molecular formula is C23H37NO5. The third kappa shape index (κ3) is 9.26. The van der Waals surface area contributed by atoms with E-state index in [1.165, 1.54) is 0 Å². The average Bonchev–Trinajstić information content (AvgIpc) is 3.53. The van der Waals surface area contributed by atoms with Gasteiger partial charge in [0.05, 0.1) is 24.2 Å². The lowest BCUT2D eigenvalue weighted by atomic mass is 9.89. The number of aliphatic hydroxyl groups is 4. The van der Waals surface area contributed by atoms with Crippen molar-refractivity contribution in [2.45, 2.75) is 70.2 Å². The number of hydrogen-bond acceptors (Lipinski definition) is 5. The van der Waals surface area contributed by atoms with Gasteiger partial charge in [-0.2, -0.15) is 0 Å². The molecule has 5 atom stereocenters. The molecule has 29 heavy (non-hydrogen) atoms. The monoisotopic (exact) mass is 407 g/mol. The van der Waals surface area contributed by atoms with E-state index in [0.29, 0.717) is 31.6 Å². The van der Waals surface area contributed by atoms with Crippen LogP contribution in [0.1, 0.15) is 51.0 Å². The molecule has 0 aromatic heterocycles. The second-order valence-electron chi connectivity index (χ2n) is 8.70. The predicted octanol–water partition coefficient (Wildman–Crippen LogP) is 1.64. The minimum Gasteiger partial charge on any atom is -0.396 e. The fraction of sp³-hybridized carbons (Fsp3) is 0.696. The van der Waals surface area contributed by atoms with Crippen molar-refractivity contribution in [2.24, 2.45) is 17.8 Å². The quantitative estimate of drug-likeness (QED) is 0.322. The highest BCUT2D eigenvalue weighted by Gasteiger charge is 2.34. The van der Waals surface area contributed by atoms with Crippen molar-refractivity contribution in [1.82, 2.24) is 5.32 Å². The number of nitrogens with one attached hydrogen (secondary N) is 1. The maximum atomic E-state index is 12.7. The van der Waals surface area contributed by atoms with Crippen LogP contribution in [0.2, 0.25) is 0 Å². The Morgan fingerprint density at radius 2 is 1.79 bits per heavy atom. The van der Waals surface area contributed by atoms with Gasteiger partial charge in [0, 0.05) is 19.6 Å². The molecule has 164 valence electrons. The molecule has 1 saturated carbocycles. The molecule has 1 aromatic rings. The molecule has 0 heterocycles. The minimum absolute atomic E-state index is 0.0834. The fourth-order valence-electron chi connectivity index (χ4n) is 3.58. The molecule has 1 aromatic carbocycles. The molecule has 0 aliphatic heterocycles. The Labute approximate surface area is 174 Å². The van der Waals surface area contributed by atoms with Crippen molar-refractivity contribution in [3.05, 3.63) is 35.9 Å². The van der Waals surface area contributed by atoms with Crippen molar-refractivity contribution < 1.29 is 25.2 Å². The number of amides is 1. The van der Waals surface area contributed by atoms with Crippen LogP contribution < -0.4 is 5.32 Å². The second kappa shape index (κ2) is 12.3. The summed E-state index contributed by atoms with van der Waals surface area (Å²) in [7, 11) is 0. The zero-order valence-corrected chi connectivity index (χ0v) is 17.4. The van der Waals surface area contributed by atoms with E-state index >= 15 is 0 Å². The molecule has 2 rings (SSSR count). The van der Waals surface area contributed by atoms with Crippen LogP contribution >= 0.6 is 0 Å². The second-order valence-corrected chi connectivity index (χ2v) is 8.70. The van der Waals surface area contributed by atoms with Gasteiger partial charge < -0.3 is 25.7 Å². The summed E-state index contributed by atoms with van der Waals surface area (Å²) in [6.07, 6.45) is 2.25. The Bertz CT molecular complexity index is 592.